The zero-order chi connectivity index (χ0) is 10.4. The first kappa shape index (κ1) is 9.48. The molecule has 0 aromatic carbocycles. The number of nitrogens with one attached hydrogen (secondary N) is 2. The predicted molar refractivity (Wildman–Crippen MR) is 61.4 cm³/mol. The van der Waals surface area contributed by atoms with E-state index in [0.29, 0.717) is 5.92 Å². The van der Waals surface area contributed by atoms with Gasteiger partial charge in [0.15, 0.2) is 0 Å². The van der Waals surface area contributed by atoms with Crippen LogP contribution in [-0.2, 0) is 13.0 Å². The van der Waals surface area contributed by atoms with E-state index in [9.17, 15) is 0 Å². The van der Waals surface area contributed by atoms with Gasteiger partial charge in [0.25, 0.3) is 0 Å². The van der Waals surface area contributed by atoms with Crippen molar-refractivity contribution in [3.8, 4) is 0 Å². The van der Waals surface area contributed by atoms with E-state index < -0.39 is 0 Å². The van der Waals surface area contributed by atoms with Crippen LogP contribution in [0.2, 0.25) is 0 Å². The van der Waals surface area contributed by atoms with Crippen LogP contribution in [0.3, 0.4) is 0 Å². The molecule has 0 saturated heterocycles. The Bertz CT molecular complexity index is 452. The lowest BCUT2D eigenvalue weighted by Crippen LogP contribution is -2.25. The van der Waals surface area contributed by atoms with Crippen molar-refractivity contribution in [1.82, 2.24) is 15.3 Å². The van der Waals surface area contributed by atoms with Gasteiger partial charge in [-0.3, -0.25) is 0 Å². The molecule has 1 fully saturated rings. The zero-order valence-electron chi connectivity index (χ0n) is 8.84. The molecule has 1 aromatic heterocycles. The molecular weight excluding hydrogens is 206 g/mol. The lowest BCUT2D eigenvalue weighted by molar-refractivity contribution is 0.616. The molecule has 15 heavy (non-hydrogen) atoms. The molecule has 2 heterocycles. The number of rotatable bonds is 1. The lowest BCUT2D eigenvalue weighted by Gasteiger charge is -2.17. The van der Waals surface area contributed by atoms with Crippen molar-refractivity contribution in [2.24, 2.45) is 5.92 Å². The summed E-state index contributed by atoms with van der Waals surface area (Å²) < 4.78 is 0.796. The van der Waals surface area contributed by atoms with Gasteiger partial charge >= 0.3 is 0 Å². The second kappa shape index (κ2) is 3.39. The number of aromatic amines is 1. The molecule has 1 saturated carbocycles. The Hall–Kier alpha value is -0.740. The summed E-state index contributed by atoms with van der Waals surface area (Å²) in [5.41, 5.74) is 2.51. The molecule has 2 atom stereocenters. The van der Waals surface area contributed by atoms with Gasteiger partial charge in [-0.1, -0.05) is 19.1 Å². The fourth-order valence-corrected chi connectivity index (χ4v) is 2.56. The molecule has 80 valence electrons. The highest BCUT2D eigenvalue weighted by Gasteiger charge is 2.36. The van der Waals surface area contributed by atoms with Gasteiger partial charge in [0.1, 0.15) is 10.5 Å². The minimum Gasteiger partial charge on any atom is -0.347 e. The average Bonchev–Trinajstić information content (AvgIpc) is 2.96. The van der Waals surface area contributed by atoms with Crippen molar-refractivity contribution in [2.45, 2.75) is 32.2 Å². The van der Waals surface area contributed by atoms with Gasteiger partial charge in [-0.05, 0) is 12.3 Å². The van der Waals surface area contributed by atoms with Crippen LogP contribution in [0, 0.1) is 10.6 Å². The largest absolute Gasteiger partial charge is 0.347 e. The molecule has 4 heteroatoms. The summed E-state index contributed by atoms with van der Waals surface area (Å²) in [5, 5.41) is 3.33. The number of H-pyrrole nitrogens is 1. The van der Waals surface area contributed by atoms with Crippen LogP contribution in [-0.4, -0.2) is 16.5 Å². The van der Waals surface area contributed by atoms with Gasteiger partial charge in [0, 0.05) is 36.7 Å². The number of hydrogen-bond donors (Lipinski definition) is 2. The SMILES string of the molecule is CC1CC1c1nc(=S)c2c([nH]1)CCNC2. The lowest BCUT2D eigenvalue weighted by atomic mass is 10.1. The highest BCUT2D eigenvalue weighted by Crippen LogP contribution is 2.45. The Morgan fingerprint density at radius 2 is 2.27 bits per heavy atom. The summed E-state index contributed by atoms with van der Waals surface area (Å²) in [6.45, 7) is 4.18. The standard InChI is InChI=1S/C11H15N3S/c1-6-4-7(6)10-13-9-2-3-12-5-8(9)11(15)14-10/h6-7,12H,2-5H2,1H3,(H,13,14,15). The van der Waals surface area contributed by atoms with Crippen LogP contribution < -0.4 is 5.32 Å². The third-order valence-corrected chi connectivity index (χ3v) is 3.78. The maximum Gasteiger partial charge on any atom is 0.134 e. The average molecular weight is 221 g/mol. The summed E-state index contributed by atoms with van der Waals surface area (Å²) in [6.07, 6.45) is 2.31. The third kappa shape index (κ3) is 1.62. The molecule has 3 rings (SSSR count). The number of nitrogens with zero attached hydrogens (tertiary/aromatic N) is 1. The summed E-state index contributed by atoms with van der Waals surface area (Å²) in [4.78, 5) is 8.00. The van der Waals surface area contributed by atoms with Crippen LogP contribution in [0.1, 0.15) is 36.3 Å². The zero-order valence-corrected chi connectivity index (χ0v) is 9.66. The first-order valence-corrected chi connectivity index (χ1v) is 5.99. The normalized spacial score (nSPS) is 28.6. The van der Waals surface area contributed by atoms with Crippen molar-refractivity contribution < 1.29 is 0 Å². The molecule has 0 spiro atoms. The van der Waals surface area contributed by atoms with Crippen LogP contribution in [0.25, 0.3) is 0 Å². The molecule has 2 unspecified atom stereocenters. The second-order valence-electron chi connectivity index (χ2n) is 4.63. The molecule has 0 radical (unpaired) electrons. The van der Waals surface area contributed by atoms with E-state index in [2.05, 4.69) is 22.2 Å². The van der Waals surface area contributed by atoms with E-state index >= 15 is 0 Å². The number of hydrogen-bond acceptors (Lipinski definition) is 3. The van der Waals surface area contributed by atoms with Crippen molar-refractivity contribution in [3.63, 3.8) is 0 Å². The molecule has 1 aliphatic heterocycles. The van der Waals surface area contributed by atoms with Crippen LogP contribution in [0.4, 0.5) is 0 Å². The Labute approximate surface area is 94.3 Å². The molecule has 2 aliphatic rings. The molecule has 1 aliphatic carbocycles. The fourth-order valence-electron chi connectivity index (χ4n) is 2.27. The minimum absolute atomic E-state index is 0.631. The fraction of sp³-hybridized carbons (Fsp3) is 0.636. The van der Waals surface area contributed by atoms with Gasteiger partial charge in [-0.2, -0.15) is 0 Å². The van der Waals surface area contributed by atoms with Gasteiger partial charge in [0.05, 0.1) is 0 Å². The Morgan fingerprint density at radius 3 is 3.00 bits per heavy atom. The highest BCUT2D eigenvalue weighted by atomic mass is 32.1. The van der Waals surface area contributed by atoms with Gasteiger partial charge in [-0.25, -0.2) is 4.98 Å². The second-order valence-corrected chi connectivity index (χ2v) is 5.02. The van der Waals surface area contributed by atoms with Crippen molar-refractivity contribution >= 4 is 12.2 Å². The predicted octanol–water partition coefficient (Wildman–Crippen LogP) is 1.91. The van der Waals surface area contributed by atoms with Crippen LogP contribution in [0.15, 0.2) is 0 Å². The Kier molecular flexibility index (Phi) is 2.14. The van der Waals surface area contributed by atoms with Gasteiger partial charge < -0.3 is 10.3 Å². The van der Waals surface area contributed by atoms with Crippen LogP contribution in [0.5, 0.6) is 0 Å². The summed E-state index contributed by atoms with van der Waals surface area (Å²) in [7, 11) is 0. The summed E-state index contributed by atoms with van der Waals surface area (Å²) in [6, 6.07) is 0. The Balaban J connectivity index is 2.05. The maximum absolute atomic E-state index is 5.34. The van der Waals surface area contributed by atoms with E-state index in [1.807, 2.05) is 0 Å². The van der Waals surface area contributed by atoms with Crippen molar-refractivity contribution in [3.05, 3.63) is 21.7 Å². The smallest absolute Gasteiger partial charge is 0.134 e. The first-order chi connectivity index (χ1) is 7.25. The van der Waals surface area contributed by atoms with Crippen molar-refractivity contribution in [2.75, 3.05) is 6.54 Å². The third-order valence-electron chi connectivity index (χ3n) is 3.44. The monoisotopic (exact) mass is 221 g/mol. The first-order valence-electron chi connectivity index (χ1n) is 5.58. The van der Waals surface area contributed by atoms with Crippen LogP contribution >= 0.6 is 12.2 Å². The molecule has 0 bridgehead atoms. The summed E-state index contributed by atoms with van der Waals surface area (Å²) in [5.74, 6) is 2.53. The maximum atomic E-state index is 5.34. The quantitative estimate of drug-likeness (QED) is 0.712. The minimum atomic E-state index is 0.631. The molecule has 2 N–H and O–H groups in total. The molecule has 0 amide bonds. The van der Waals surface area contributed by atoms with E-state index in [4.69, 9.17) is 12.2 Å². The number of fused-ring (bicyclic) bond motifs is 1. The Morgan fingerprint density at radius 1 is 1.47 bits per heavy atom. The van der Waals surface area contributed by atoms with E-state index in [-0.39, 0.29) is 0 Å². The van der Waals surface area contributed by atoms with Crippen molar-refractivity contribution in [1.29, 1.82) is 0 Å². The number of aromatic nitrogens is 2. The van der Waals surface area contributed by atoms with E-state index in [1.54, 1.807) is 0 Å². The van der Waals surface area contributed by atoms with Gasteiger partial charge in [-0.15, -0.1) is 0 Å². The van der Waals surface area contributed by atoms with Gasteiger partial charge in [0.2, 0.25) is 0 Å². The van der Waals surface area contributed by atoms with E-state index in [0.717, 1.165) is 35.9 Å². The summed E-state index contributed by atoms with van der Waals surface area (Å²) >= 11 is 5.34. The molecular formula is C11H15N3S. The van der Waals surface area contributed by atoms with E-state index in [1.165, 1.54) is 17.7 Å². The molecule has 3 nitrogen and oxygen atoms in total. The molecule has 1 aromatic rings. The topological polar surface area (TPSA) is 40.7 Å². The highest BCUT2D eigenvalue weighted by molar-refractivity contribution is 7.71.